The van der Waals surface area contributed by atoms with Crippen LogP contribution in [0.4, 0.5) is 0 Å². The lowest BCUT2D eigenvalue weighted by atomic mass is 9.92. The molecule has 1 aromatic rings. The monoisotopic (exact) mass is 219 g/mol. The molecule has 0 unspecified atom stereocenters. The Hall–Kier alpha value is -1.02. The van der Waals surface area contributed by atoms with E-state index in [1.165, 1.54) is 11.1 Å². The summed E-state index contributed by atoms with van der Waals surface area (Å²) in [6.45, 7) is 5.34. The Balaban J connectivity index is 2.27. The van der Waals surface area contributed by atoms with Crippen LogP contribution in [0.5, 0.6) is 5.75 Å². The van der Waals surface area contributed by atoms with Crippen molar-refractivity contribution in [3.05, 3.63) is 29.3 Å². The highest BCUT2D eigenvalue weighted by atomic mass is 16.5. The number of ether oxygens (including phenoxy) is 1. The van der Waals surface area contributed by atoms with Crippen LogP contribution in [0.1, 0.15) is 31.4 Å². The number of benzene rings is 1. The summed E-state index contributed by atoms with van der Waals surface area (Å²) in [5.41, 5.74) is 2.69. The third kappa shape index (κ3) is 2.38. The van der Waals surface area contributed by atoms with Gasteiger partial charge in [0.05, 0.1) is 0 Å². The molecule has 2 nitrogen and oxygen atoms in total. The first-order chi connectivity index (χ1) is 7.62. The number of hydrogen-bond donors (Lipinski definition) is 1. The summed E-state index contributed by atoms with van der Waals surface area (Å²) in [5.74, 6) is 1.13. The van der Waals surface area contributed by atoms with Crippen molar-refractivity contribution in [2.75, 3.05) is 13.6 Å². The number of para-hydroxylation sites is 1. The van der Waals surface area contributed by atoms with Crippen LogP contribution in [0.25, 0.3) is 0 Å². The first-order valence-electron chi connectivity index (χ1n) is 6.07. The predicted molar refractivity (Wildman–Crippen MR) is 67.1 cm³/mol. The SMILES string of the molecule is CNCCc1cccc2c1OC(C)(C)CC2. The Bertz CT molecular complexity index is 371. The molecule has 16 heavy (non-hydrogen) atoms. The van der Waals surface area contributed by atoms with Crippen LogP contribution in [-0.2, 0) is 12.8 Å². The summed E-state index contributed by atoms with van der Waals surface area (Å²) >= 11 is 0. The van der Waals surface area contributed by atoms with E-state index in [2.05, 4.69) is 37.4 Å². The average molecular weight is 219 g/mol. The minimum atomic E-state index is -0.0112. The Morgan fingerprint density at radius 2 is 2.19 bits per heavy atom. The molecule has 1 heterocycles. The molecule has 2 heteroatoms. The second-order valence-electron chi connectivity index (χ2n) is 5.12. The molecule has 0 spiro atoms. The fourth-order valence-electron chi connectivity index (χ4n) is 2.19. The number of likely N-dealkylation sites (N-methyl/N-ethyl adjacent to an activating group) is 1. The molecule has 0 amide bonds. The number of fused-ring (bicyclic) bond motifs is 1. The van der Waals surface area contributed by atoms with Gasteiger partial charge in [-0.05, 0) is 57.8 Å². The molecule has 0 saturated carbocycles. The van der Waals surface area contributed by atoms with E-state index in [1.54, 1.807) is 0 Å². The van der Waals surface area contributed by atoms with E-state index < -0.39 is 0 Å². The quantitative estimate of drug-likeness (QED) is 0.843. The molecule has 0 fully saturated rings. The van der Waals surface area contributed by atoms with Crippen molar-refractivity contribution in [3.63, 3.8) is 0 Å². The average Bonchev–Trinajstić information content (AvgIpc) is 2.25. The fraction of sp³-hybridized carbons (Fsp3) is 0.571. The summed E-state index contributed by atoms with van der Waals surface area (Å²) < 4.78 is 6.12. The van der Waals surface area contributed by atoms with Gasteiger partial charge in [0.15, 0.2) is 0 Å². The molecule has 0 bridgehead atoms. The van der Waals surface area contributed by atoms with Crippen molar-refractivity contribution < 1.29 is 4.74 Å². The number of aryl methyl sites for hydroxylation is 1. The van der Waals surface area contributed by atoms with Crippen molar-refractivity contribution in [2.24, 2.45) is 0 Å². The van der Waals surface area contributed by atoms with E-state index in [4.69, 9.17) is 4.74 Å². The first-order valence-corrected chi connectivity index (χ1v) is 6.07. The van der Waals surface area contributed by atoms with E-state index in [0.29, 0.717) is 0 Å². The third-order valence-corrected chi connectivity index (χ3v) is 3.20. The van der Waals surface area contributed by atoms with Gasteiger partial charge in [0.1, 0.15) is 11.4 Å². The van der Waals surface area contributed by atoms with Crippen LogP contribution in [-0.4, -0.2) is 19.2 Å². The number of hydrogen-bond acceptors (Lipinski definition) is 2. The van der Waals surface area contributed by atoms with Crippen LogP contribution >= 0.6 is 0 Å². The van der Waals surface area contributed by atoms with Gasteiger partial charge in [-0.15, -0.1) is 0 Å². The smallest absolute Gasteiger partial charge is 0.126 e. The van der Waals surface area contributed by atoms with Crippen LogP contribution in [0.3, 0.4) is 0 Å². The Kier molecular flexibility index (Phi) is 3.20. The zero-order valence-electron chi connectivity index (χ0n) is 10.5. The summed E-state index contributed by atoms with van der Waals surface area (Å²) in [7, 11) is 1.99. The lowest BCUT2D eigenvalue weighted by molar-refractivity contribution is 0.0833. The maximum atomic E-state index is 6.12. The minimum absolute atomic E-state index is 0.0112. The second-order valence-corrected chi connectivity index (χ2v) is 5.12. The largest absolute Gasteiger partial charge is 0.487 e. The molecule has 0 aromatic heterocycles. The molecule has 88 valence electrons. The zero-order chi connectivity index (χ0) is 11.6. The molecular weight excluding hydrogens is 198 g/mol. The van der Waals surface area contributed by atoms with Crippen molar-refractivity contribution in [2.45, 2.75) is 38.7 Å². The molecule has 0 radical (unpaired) electrons. The standard InChI is InChI=1S/C14H21NO/c1-14(2)9-7-11-5-4-6-12(8-10-15-3)13(11)16-14/h4-6,15H,7-10H2,1-3H3. The lowest BCUT2D eigenvalue weighted by Gasteiger charge is -2.34. The summed E-state index contributed by atoms with van der Waals surface area (Å²) in [5, 5.41) is 3.19. The van der Waals surface area contributed by atoms with Gasteiger partial charge in [0.25, 0.3) is 0 Å². The zero-order valence-corrected chi connectivity index (χ0v) is 10.5. The fourth-order valence-corrected chi connectivity index (χ4v) is 2.19. The van der Waals surface area contributed by atoms with Gasteiger partial charge in [-0.1, -0.05) is 18.2 Å². The lowest BCUT2D eigenvalue weighted by Crippen LogP contribution is -2.33. The Morgan fingerprint density at radius 3 is 2.94 bits per heavy atom. The Labute approximate surface area is 98.0 Å². The highest BCUT2D eigenvalue weighted by Crippen LogP contribution is 2.35. The maximum absolute atomic E-state index is 6.12. The van der Waals surface area contributed by atoms with Gasteiger partial charge in [0.2, 0.25) is 0 Å². The van der Waals surface area contributed by atoms with Crippen LogP contribution in [0.2, 0.25) is 0 Å². The topological polar surface area (TPSA) is 21.3 Å². The van der Waals surface area contributed by atoms with Gasteiger partial charge in [-0.2, -0.15) is 0 Å². The highest BCUT2D eigenvalue weighted by molar-refractivity contribution is 5.43. The summed E-state index contributed by atoms with van der Waals surface area (Å²) in [6.07, 6.45) is 3.28. The molecule has 1 aromatic carbocycles. The number of rotatable bonds is 3. The molecule has 0 saturated heterocycles. The molecule has 1 aliphatic rings. The van der Waals surface area contributed by atoms with Crippen LogP contribution in [0.15, 0.2) is 18.2 Å². The van der Waals surface area contributed by atoms with Gasteiger partial charge in [-0.25, -0.2) is 0 Å². The van der Waals surface area contributed by atoms with E-state index in [1.807, 2.05) is 7.05 Å². The predicted octanol–water partition coefficient (Wildman–Crippen LogP) is 2.55. The summed E-state index contributed by atoms with van der Waals surface area (Å²) in [4.78, 5) is 0. The molecule has 2 rings (SSSR count). The van der Waals surface area contributed by atoms with Crippen molar-refractivity contribution in [3.8, 4) is 5.75 Å². The van der Waals surface area contributed by atoms with E-state index >= 15 is 0 Å². The van der Waals surface area contributed by atoms with Crippen LogP contribution < -0.4 is 10.1 Å². The van der Waals surface area contributed by atoms with Gasteiger partial charge >= 0.3 is 0 Å². The summed E-state index contributed by atoms with van der Waals surface area (Å²) in [6, 6.07) is 6.51. The molecule has 1 aliphatic heterocycles. The molecule has 0 aliphatic carbocycles. The van der Waals surface area contributed by atoms with Crippen molar-refractivity contribution in [1.29, 1.82) is 0 Å². The molecule has 1 N–H and O–H groups in total. The van der Waals surface area contributed by atoms with E-state index in [-0.39, 0.29) is 5.60 Å². The van der Waals surface area contributed by atoms with E-state index in [0.717, 1.165) is 31.6 Å². The van der Waals surface area contributed by atoms with Crippen molar-refractivity contribution >= 4 is 0 Å². The molecule has 0 atom stereocenters. The first kappa shape index (κ1) is 11.5. The van der Waals surface area contributed by atoms with Gasteiger partial charge in [-0.3, -0.25) is 0 Å². The molecular formula is C14H21NO. The highest BCUT2D eigenvalue weighted by Gasteiger charge is 2.27. The second kappa shape index (κ2) is 4.46. The van der Waals surface area contributed by atoms with E-state index in [9.17, 15) is 0 Å². The van der Waals surface area contributed by atoms with Crippen molar-refractivity contribution in [1.82, 2.24) is 5.32 Å². The number of nitrogens with one attached hydrogen (secondary N) is 1. The van der Waals surface area contributed by atoms with Gasteiger partial charge in [0, 0.05) is 0 Å². The third-order valence-electron chi connectivity index (χ3n) is 3.20. The Morgan fingerprint density at radius 1 is 1.38 bits per heavy atom. The maximum Gasteiger partial charge on any atom is 0.126 e. The minimum Gasteiger partial charge on any atom is -0.487 e. The van der Waals surface area contributed by atoms with Crippen LogP contribution in [0, 0.1) is 0 Å². The normalized spacial score (nSPS) is 17.7. The van der Waals surface area contributed by atoms with Gasteiger partial charge < -0.3 is 10.1 Å².